The summed E-state index contributed by atoms with van der Waals surface area (Å²) in [4.78, 5) is 34.1. The van der Waals surface area contributed by atoms with Crippen molar-refractivity contribution in [2.24, 2.45) is 0 Å². The Balaban J connectivity index is 1.57. The molecule has 3 heterocycles. The highest BCUT2D eigenvalue weighted by atomic mass is 32.1. The fourth-order valence-electron chi connectivity index (χ4n) is 2.74. The first kappa shape index (κ1) is 19.2. The van der Waals surface area contributed by atoms with Gasteiger partial charge in [-0.05, 0) is 43.8 Å². The zero-order valence-electron chi connectivity index (χ0n) is 15.3. The van der Waals surface area contributed by atoms with Crippen LogP contribution in [0, 0.1) is 20.8 Å². The van der Waals surface area contributed by atoms with E-state index in [-0.39, 0.29) is 18.2 Å². The Morgan fingerprint density at radius 1 is 1.04 bits per heavy atom. The Labute approximate surface area is 165 Å². The number of carbonyl (C=O) groups excluding carboxylic acids is 2. The van der Waals surface area contributed by atoms with E-state index in [1.54, 1.807) is 16.7 Å². The van der Waals surface area contributed by atoms with Crippen molar-refractivity contribution in [1.29, 1.82) is 0 Å². The lowest BCUT2D eigenvalue weighted by molar-refractivity contribution is -0.116. The first-order valence-corrected chi connectivity index (χ1v) is 10.2. The number of pyridine rings is 1. The van der Waals surface area contributed by atoms with Gasteiger partial charge in [0.15, 0.2) is 5.13 Å². The summed E-state index contributed by atoms with van der Waals surface area (Å²) < 4.78 is 0. The fraction of sp³-hybridized carbons (Fsp3) is 0.263. The number of aromatic nitrogens is 2. The van der Waals surface area contributed by atoms with Crippen LogP contribution in [-0.2, 0) is 22.4 Å². The van der Waals surface area contributed by atoms with Crippen molar-refractivity contribution in [1.82, 2.24) is 9.97 Å². The molecule has 0 spiro atoms. The second kappa shape index (κ2) is 8.41. The van der Waals surface area contributed by atoms with Crippen LogP contribution in [-0.4, -0.2) is 21.8 Å². The summed E-state index contributed by atoms with van der Waals surface area (Å²) in [5, 5.41) is 9.92. The summed E-state index contributed by atoms with van der Waals surface area (Å²) in [5.41, 5.74) is 4.06. The maximum atomic E-state index is 12.4. The summed E-state index contributed by atoms with van der Waals surface area (Å²) in [5.74, 6) is -0.270. The lowest BCUT2D eigenvalue weighted by Gasteiger charge is -2.11. The van der Waals surface area contributed by atoms with E-state index >= 15 is 0 Å². The number of nitrogens with one attached hydrogen (secondary N) is 2. The molecule has 0 aromatic carbocycles. The SMILES string of the molecule is Cc1cc(C)c(NC(=O)Cc2csc(NC(=O)Cc3cccs3)n2)c(C)n1. The average Bonchev–Trinajstić information content (AvgIpc) is 3.23. The highest BCUT2D eigenvalue weighted by Crippen LogP contribution is 2.21. The molecule has 140 valence electrons. The van der Waals surface area contributed by atoms with E-state index in [1.165, 1.54) is 11.3 Å². The Hall–Kier alpha value is -2.58. The van der Waals surface area contributed by atoms with E-state index in [4.69, 9.17) is 0 Å². The second-order valence-electron chi connectivity index (χ2n) is 6.21. The van der Waals surface area contributed by atoms with Crippen LogP contribution >= 0.6 is 22.7 Å². The standard InChI is InChI=1S/C19H20N4O2S2/c1-11-7-12(2)20-13(3)18(11)22-16(24)8-14-10-27-19(21-14)23-17(25)9-15-5-4-6-26-15/h4-7,10H,8-9H2,1-3H3,(H,22,24)(H,21,23,25). The second-order valence-corrected chi connectivity index (χ2v) is 8.10. The summed E-state index contributed by atoms with van der Waals surface area (Å²) in [6.07, 6.45) is 0.468. The maximum Gasteiger partial charge on any atom is 0.231 e. The average molecular weight is 401 g/mol. The van der Waals surface area contributed by atoms with Gasteiger partial charge in [-0.15, -0.1) is 22.7 Å². The van der Waals surface area contributed by atoms with Gasteiger partial charge in [0.25, 0.3) is 0 Å². The molecule has 0 saturated carbocycles. The molecular weight excluding hydrogens is 380 g/mol. The molecule has 0 saturated heterocycles. The molecule has 2 amide bonds. The number of hydrogen-bond acceptors (Lipinski definition) is 6. The number of carbonyl (C=O) groups is 2. The lowest BCUT2D eigenvalue weighted by Crippen LogP contribution is -2.17. The molecule has 0 bridgehead atoms. The molecule has 0 unspecified atom stereocenters. The Bertz CT molecular complexity index is 941. The number of anilines is 2. The van der Waals surface area contributed by atoms with Gasteiger partial charge >= 0.3 is 0 Å². The number of rotatable bonds is 6. The van der Waals surface area contributed by atoms with Gasteiger partial charge < -0.3 is 10.6 Å². The molecule has 3 rings (SSSR count). The molecule has 0 radical (unpaired) electrons. The van der Waals surface area contributed by atoms with Gasteiger partial charge in [-0.1, -0.05) is 6.07 Å². The smallest absolute Gasteiger partial charge is 0.231 e. The fourth-order valence-corrected chi connectivity index (χ4v) is 4.17. The Morgan fingerprint density at radius 2 is 1.81 bits per heavy atom. The number of amides is 2. The van der Waals surface area contributed by atoms with Gasteiger partial charge in [0.1, 0.15) is 0 Å². The summed E-state index contributed by atoms with van der Waals surface area (Å²) >= 11 is 2.86. The molecule has 6 nitrogen and oxygen atoms in total. The Morgan fingerprint density at radius 3 is 2.52 bits per heavy atom. The van der Waals surface area contributed by atoms with Crippen LogP contribution in [0.2, 0.25) is 0 Å². The molecule has 2 N–H and O–H groups in total. The molecule has 0 aliphatic carbocycles. The molecule has 0 aliphatic rings. The van der Waals surface area contributed by atoms with Gasteiger partial charge in [-0.2, -0.15) is 0 Å². The van der Waals surface area contributed by atoms with Crippen LogP contribution in [0.5, 0.6) is 0 Å². The van der Waals surface area contributed by atoms with Crippen molar-refractivity contribution < 1.29 is 9.59 Å². The van der Waals surface area contributed by atoms with Crippen LogP contribution in [0.25, 0.3) is 0 Å². The predicted octanol–water partition coefficient (Wildman–Crippen LogP) is 3.89. The van der Waals surface area contributed by atoms with Gasteiger partial charge in [0.05, 0.1) is 29.9 Å². The maximum absolute atomic E-state index is 12.4. The molecule has 0 atom stereocenters. The highest BCUT2D eigenvalue weighted by Gasteiger charge is 2.13. The topological polar surface area (TPSA) is 84.0 Å². The molecular formula is C19H20N4O2S2. The van der Waals surface area contributed by atoms with E-state index in [0.29, 0.717) is 17.2 Å². The van der Waals surface area contributed by atoms with E-state index in [2.05, 4.69) is 20.6 Å². The third kappa shape index (κ3) is 5.21. The summed E-state index contributed by atoms with van der Waals surface area (Å²) in [7, 11) is 0. The van der Waals surface area contributed by atoms with Crippen molar-refractivity contribution in [2.45, 2.75) is 33.6 Å². The van der Waals surface area contributed by atoms with Gasteiger partial charge in [-0.25, -0.2) is 4.98 Å². The van der Waals surface area contributed by atoms with Gasteiger partial charge in [0, 0.05) is 16.0 Å². The van der Waals surface area contributed by atoms with E-state index in [9.17, 15) is 9.59 Å². The molecule has 8 heteroatoms. The minimum atomic E-state index is -0.159. The lowest BCUT2D eigenvalue weighted by atomic mass is 10.1. The molecule has 3 aromatic heterocycles. The first-order chi connectivity index (χ1) is 12.9. The molecule has 0 aliphatic heterocycles. The van der Waals surface area contributed by atoms with E-state index in [1.807, 2.05) is 44.4 Å². The van der Waals surface area contributed by atoms with Crippen LogP contribution in [0.3, 0.4) is 0 Å². The molecule has 3 aromatic rings. The third-order valence-electron chi connectivity index (χ3n) is 3.84. The largest absolute Gasteiger partial charge is 0.324 e. The van der Waals surface area contributed by atoms with Crippen molar-refractivity contribution in [3.63, 3.8) is 0 Å². The van der Waals surface area contributed by atoms with Crippen LogP contribution in [0.4, 0.5) is 10.8 Å². The van der Waals surface area contributed by atoms with Crippen molar-refractivity contribution in [3.8, 4) is 0 Å². The minimum absolute atomic E-state index is 0.111. The predicted molar refractivity (Wildman–Crippen MR) is 110 cm³/mol. The number of hydrogen-bond donors (Lipinski definition) is 2. The normalized spacial score (nSPS) is 10.6. The van der Waals surface area contributed by atoms with Crippen molar-refractivity contribution in [3.05, 3.63) is 56.5 Å². The van der Waals surface area contributed by atoms with Gasteiger partial charge in [0.2, 0.25) is 11.8 Å². The van der Waals surface area contributed by atoms with E-state index < -0.39 is 0 Å². The van der Waals surface area contributed by atoms with E-state index in [0.717, 1.165) is 27.5 Å². The zero-order valence-corrected chi connectivity index (χ0v) is 17.0. The van der Waals surface area contributed by atoms with Crippen LogP contribution < -0.4 is 10.6 Å². The number of aryl methyl sites for hydroxylation is 3. The van der Waals surface area contributed by atoms with Crippen LogP contribution in [0.15, 0.2) is 29.0 Å². The minimum Gasteiger partial charge on any atom is -0.324 e. The highest BCUT2D eigenvalue weighted by molar-refractivity contribution is 7.14. The third-order valence-corrected chi connectivity index (χ3v) is 5.53. The zero-order chi connectivity index (χ0) is 19.4. The Kier molecular flexibility index (Phi) is 5.98. The first-order valence-electron chi connectivity index (χ1n) is 8.42. The van der Waals surface area contributed by atoms with Gasteiger partial charge in [-0.3, -0.25) is 14.6 Å². The van der Waals surface area contributed by atoms with Crippen molar-refractivity contribution in [2.75, 3.05) is 10.6 Å². The van der Waals surface area contributed by atoms with Crippen molar-refractivity contribution >= 4 is 45.3 Å². The number of nitrogens with zero attached hydrogens (tertiary/aromatic N) is 2. The summed E-state index contributed by atoms with van der Waals surface area (Å²) in [6.45, 7) is 5.75. The monoisotopic (exact) mass is 400 g/mol. The summed E-state index contributed by atoms with van der Waals surface area (Å²) in [6, 6.07) is 5.78. The number of thiazole rings is 1. The molecule has 0 fully saturated rings. The number of thiophene rings is 1. The molecule has 27 heavy (non-hydrogen) atoms. The van der Waals surface area contributed by atoms with Crippen LogP contribution in [0.1, 0.15) is 27.5 Å². The quantitative estimate of drug-likeness (QED) is 0.657.